The largest absolute Gasteiger partial charge is 0.391 e. The van der Waals surface area contributed by atoms with Crippen LogP contribution in [0.25, 0.3) is 0 Å². The van der Waals surface area contributed by atoms with Gasteiger partial charge in [-0.1, -0.05) is 0 Å². The first-order valence-electron chi connectivity index (χ1n) is 4.09. The molecule has 0 aromatic heterocycles. The number of hydrogen-bond donors (Lipinski definition) is 1. The van der Waals surface area contributed by atoms with Crippen molar-refractivity contribution in [2.75, 3.05) is 0 Å². The normalized spacial score (nSPS) is 9.94. The summed E-state index contributed by atoms with van der Waals surface area (Å²) in [6, 6.07) is 1.08. The molecule has 10 nitrogen and oxygen atoms in total. The summed E-state index contributed by atoms with van der Waals surface area (Å²) in [7, 11) is 0. The predicted octanol–water partition coefficient (Wildman–Crippen LogP) is 0.903. The summed E-state index contributed by atoms with van der Waals surface area (Å²) in [6.45, 7) is -0.824. The van der Waals surface area contributed by atoms with E-state index in [4.69, 9.17) is 5.11 Å². The van der Waals surface area contributed by atoms with Crippen molar-refractivity contribution in [3.8, 4) is 0 Å². The zero-order chi connectivity index (χ0) is 13.2. The Morgan fingerprint density at radius 3 is 1.65 bits per heavy atom. The molecule has 0 spiro atoms. The molecule has 1 aromatic carbocycles. The summed E-state index contributed by atoms with van der Waals surface area (Å²) >= 11 is 0. The van der Waals surface area contributed by atoms with Gasteiger partial charge in [0.1, 0.15) is 6.07 Å². The standard InChI is InChI=1S/C7H5N3O7/c11-3-4-1-6(9(14)15)7(10(16)17)2-5(4)8(12)13/h1-2,11H,3H2. The second-order valence-corrected chi connectivity index (χ2v) is 2.90. The minimum Gasteiger partial charge on any atom is -0.391 e. The van der Waals surface area contributed by atoms with Crippen molar-refractivity contribution in [3.63, 3.8) is 0 Å². The Morgan fingerprint density at radius 1 is 0.882 bits per heavy atom. The molecule has 0 fully saturated rings. The van der Waals surface area contributed by atoms with Gasteiger partial charge in [-0.3, -0.25) is 30.3 Å². The van der Waals surface area contributed by atoms with E-state index in [1.807, 2.05) is 0 Å². The third-order valence-electron chi connectivity index (χ3n) is 1.94. The van der Waals surface area contributed by atoms with E-state index in [0.29, 0.717) is 12.1 Å². The Balaban J connectivity index is 3.59. The van der Waals surface area contributed by atoms with Gasteiger partial charge in [-0.25, -0.2) is 0 Å². The van der Waals surface area contributed by atoms with Crippen molar-refractivity contribution in [2.45, 2.75) is 6.61 Å². The van der Waals surface area contributed by atoms with Crippen LogP contribution in [0.2, 0.25) is 0 Å². The number of nitro benzene ring substituents is 3. The minimum absolute atomic E-state index is 0.354. The SMILES string of the molecule is O=[N+]([O-])c1cc([N+](=O)[O-])c([N+](=O)[O-])cc1CO. The van der Waals surface area contributed by atoms with Gasteiger partial charge in [0.05, 0.1) is 26.9 Å². The Morgan fingerprint density at radius 2 is 1.29 bits per heavy atom. The van der Waals surface area contributed by atoms with Crippen molar-refractivity contribution in [1.82, 2.24) is 0 Å². The average Bonchev–Trinajstić information content (AvgIpc) is 2.26. The van der Waals surface area contributed by atoms with Gasteiger partial charge in [0.25, 0.3) is 5.69 Å². The highest BCUT2D eigenvalue weighted by atomic mass is 16.6. The van der Waals surface area contributed by atoms with E-state index in [-0.39, 0.29) is 5.56 Å². The smallest absolute Gasteiger partial charge is 0.352 e. The van der Waals surface area contributed by atoms with Crippen LogP contribution in [0, 0.1) is 30.3 Å². The number of benzene rings is 1. The molecule has 0 aliphatic rings. The quantitative estimate of drug-likeness (QED) is 0.609. The summed E-state index contributed by atoms with van der Waals surface area (Å²) < 4.78 is 0. The number of nitrogens with zero attached hydrogens (tertiary/aromatic N) is 3. The van der Waals surface area contributed by atoms with Crippen LogP contribution in [0.15, 0.2) is 12.1 Å². The van der Waals surface area contributed by atoms with Crippen LogP contribution >= 0.6 is 0 Å². The number of aliphatic hydroxyl groups is 1. The summed E-state index contributed by atoms with van der Waals surface area (Å²) in [6.07, 6.45) is 0. The van der Waals surface area contributed by atoms with Crippen molar-refractivity contribution in [1.29, 1.82) is 0 Å². The number of aliphatic hydroxyl groups excluding tert-OH is 1. The van der Waals surface area contributed by atoms with E-state index in [1.54, 1.807) is 0 Å². The van der Waals surface area contributed by atoms with Gasteiger partial charge in [-0.2, -0.15) is 0 Å². The van der Waals surface area contributed by atoms with Crippen LogP contribution in [0.5, 0.6) is 0 Å². The highest BCUT2D eigenvalue weighted by Crippen LogP contribution is 2.33. The Hall–Kier alpha value is -2.62. The molecule has 1 rings (SSSR count). The number of hydrogen-bond acceptors (Lipinski definition) is 7. The molecule has 0 bridgehead atoms. The van der Waals surface area contributed by atoms with Gasteiger partial charge in [0.2, 0.25) is 0 Å². The summed E-state index contributed by atoms with van der Waals surface area (Å²) in [4.78, 5) is 28.5. The lowest BCUT2D eigenvalue weighted by Crippen LogP contribution is -2.02. The first-order chi connectivity index (χ1) is 7.88. The van der Waals surface area contributed by atoms with E-state index >= 15 is 0 Å². The average molecular weight is 243 g/mol. The lowest BCUT2D eigenvalue weighted by Gasteiger charge is -2.00. The fourth-order valence-corrected chi connectivity index (χ4v) is 1.20. The predicted molar refractivity (Wildman–Crippen MR) is 52.3 cm³/mol. The third-order valence-corrected chi connectivity index (χ3v) is 1.94. The van der Waals surface area contributed by atoms with Gasteiger partial charge >= 0.3 is 11.4 Å². The van der Waals surface area contributed by atoms with Gasteiger partial charge in [0.15, 0.2) is 0 Å². The first kappa shape index (κ1) is 12.4. The van der Waals surface area contributed by atoms with Crippen LogP contribution in [0.1, 0.15) is 5.56 Å². The fourth-order valence-electron chi connectivity index (χ4n) is 1.20. The Labute approximate surface area is 92.5 Å². The zero-order valence-electron chi connectivity index (χ0n) is 8.10. The highest BCUT2D eigenvalue weighted by molar-refractivity contribution is 5.61. The molecular formula is C7H5N3O7. The second-order valence-electron chi connectivity index (χ2n) is 2.90. The van der Waals surface area contributed by atoms with Gasteiger partial charge in [-0.05, 0) is 0 Å². The second kappa shape index (κ2) is 4.49. The lowest BCUT2D eigenvalue weighted by molar-refractivity contribution is -0.424. The van der Waals surface area contributed by atoms with E-state index in [1.165, 1.54) is 0 Å². The fraction of sp³-hybridized carbons (Fsp3) is 0.143. The Kier molecular flexibility index (Phi) is 3.29. The maximum absolute atomic E-state index is 10.5. The molecule has 17 heavy (non-hydrogen) atoms. The van der Waals surface area contributed by atoms with Crippen LogP contribution in [0.3, 0.4) is 0 Å². The van der Waals surface area contributed by atoms with E-state index in [9.17, 15) is 30.3 Å². The minimum atomic E-state index is -1.09. The molecule has 10 heteroatoms. The van der Waals surface area contributed by atoms with E-state index < -0.39 is 38.4 Å². The first-order valence-corrected chi connectivity index (χ1v) is 4.09. The molecule has 0 unspecified atom stereocenters. The molecule has 90 valence electrons. The number of rotatable bonds is 4. The van der Waals surface area contributed by atoms with Crippen LogP contribution in [-0.4, -0.2) is 19.9 Å². The van der Waals surface area contributed by atoms with Crippen molar-refractivity contribution in [3.05, 3.63) is 48.0 Å². The molecule has 0 heterocycles. The molecule has 0 amide bonds. The van der Waals surface area contributed by atoms with Gasteiger partial charge < -0.3 is 5.11 Å². The van der Waals surface area contributed by atoms with Crippen molar-refractivity contribution >= 4 is 17.1 Å². The zero-order valence-corrected chi connectivity index (χ0v) is 8.10. The van der Waals surface area contributed by atoms with E-state index in [2.05, 4.69) is 0 Å². The molecule has 0 saturated heterocycles. The molecule has 0 radical (unpaired) electrons. The lowest BCUT2D eigenvalue weighted by atomic mass is 10.1. The molecule has 0 aliphatic carbocycles. The van der Waals surface area contributed by atoms with Gasteiger partial charge in [-0.15, -0.1) is 0 Å². The topological polar surface area (TPSA) is 150 Å². The van der Waals surface area contributed by atoms with Crippen molar-refractivity contribution in [2.24, 2.45) is 0 Å². The molecule has 0 atom stereocenters. The maximum Gasteiger partial charge on any atom is 0.352 e. The molecule has 0 aliphatic heterocycles. The van der Waals surface area contributed by atoms with E-state index in [0.717, 1.165) is 0 Å². The monoisotopic (exact) mass is 243 g/mol. The molecule has 1 N–H and O–H groups in total. The summed E-state index contributed by atoms with van der Waals surface area (Å²) in [5.74, 6) is 0. The van der Waals surface area contributed by atoms with Crippen LogP contribution < -0.4 is 0 Å². The molecule has 0 saturated carbocycles. The van der Waals surface area contributed by atoms with Crippen molar-refractivity contribution < 1.29 is 19.9 Å². The summed E-state index contributed by atoms with van der Waals surface area (Å²) in [5.41, 5.74) is -2.97. The Bertz CT molecular complexity index is 512. The highest BCUT2D eigenvalue weighted by Gasteiger charge is 2.30. The molecule has 1 aromatic rings. The van der Waals surface area contributed by atoms with Crippen LogP contribution in [-0.2, 0) is 6.61 Å². The third kappa shape index (κ3) is 2.31. The van der Waals surface area contributed by atoms with Crippen LogP contribution in [0.4, 0.5) is 17.1 Å². The maximum atomic E-state index is 10.5. The summed E-state index contributed by atoms with van der Waals surface area (Å²) in [5, 5.41) is 40.4. The molecular weight excluding hydrogens is 238 g/mol. The number of nitro groups is 3. The van der Waals surface area contributed by atoms with Gasteiger partial charge in [0, 0.05) is 6.07 Å².